The average molecular weight is 367 g/mol. The summed E-state index contributed by atoms with van der Waals surface area (Å²) >= 11 is 0. The molecule has 0 bridgehead atoms. The molecule has 0 aliphatic carbocycles. The summed E-state index contributed by atoms with van der Waals surface area (Å²) in [6.45, 7) is 2.65. The van der Waals surface area contributed by atoms with E-state index in [1.807, 2.05) is 30.3 Å². The highest BCUT2D eigenvalue weighted by Crippen LogP contribution is 2.28. The molecule has 0 spiro atoms. The zero-order chi connectivity index (χ0) is 19.3. The van der Waals surface area contributed by atoms with Gasteiger partial charge in [0.05, 0.1) is 23.2 Å². The first kappa shape index (κ1) is 18.1. The van der Waals surface area contributed by atoms with Crippen LogP contribution in [0.4, 0.5) is 5.82 Å². The van der Waals surface area contributed by atoms with Gasteiger partial charge < -0.3 is 4.90 Å². The number of hydrogen-bond donors (Lipinski definition) is 0. The molecule has 28 heavy (non-hydrogen) atoms. The van der Waals surface area contributed by atoms with Crippen LogP contribution in [0.2, 0.25) is 0 Å². The molecule has 0 N–H and O–H groups in total. The molecule has 2 saturated heterocycles. The quantitative estimate of drug-likeness (QED) is 0.725. The van der Waals surface area contributed by atoms with Crippen molar-refractivity contribution in [3.63, 3.8) is 0 Å². The minimum absolute atomic E-state index is 0.241. The number of aromatic nitrogens is 1. The predicted molar refractivity (Wildman–Crippen MR) is 107 cm³/mol. The van der Waals surface area contributed by atoms with Crippen LogP contribution in [0.5, 0.6) is 0 Å². The van der Waals surface area contributed by atoms with Crippen LogP contribution in [0.15, 0.2) is 42.6 Å². The van der Waals surface area contributed by atoms with Crippen molar-refractivity contribution in [1.29, 1.82) is 10.5 Å². The molecule has 5 heteroatoms. The molecule has 3 heterocycles. The number of nitrogens with zero attached hydrogens (tertiary/aromatic N) is 5. The Labute approximate surface area is 165 Å². The second-order valence-corrected chi connectivity index (χ2v) is 7.23. The first-order valence-corrected chi connectivity index (χ1v) is 9.66. The molecule has 0 amide bonds. The number of nitriles is 2. The monoisotopic (exact) mass is 367 g/mol. The largest absolute Gasteiger partial charge is 0.353 e. The third kappa shape index (κ3) is 3.70. The fraction of sp³-hybridized carbons (Fsp3) is 0.348. The Morgan fingerprint density at radius 3 is 2.75 bits per heavy atom. The maximum absolute atomic E-state index is 9.37. The minimum atomic E-state index is 0.241. The first-order valence-electron chi connectivity index (χ1n) is 9.66. The summed E-state index contributed by atoms with van der Waals surface area (Å²) in [6.07, 6.45) is 5.13. The van der Waals surface area contributed by atoms with Gasteiger partial charge in [0.25, 0.3) is 0 Å². The van der Waals surface area contributed by atoms with Crippen LogP contribution in [-0.4, -0.2) is 41.6 Å². The van der Waals surface area contributed by atoms with Crippen molar-refractivity contribution in [2.45, 2.75) is 31.3 Å². The number of piperidine rings is 1. The van der Waals surface area contributed by atoms with Gasteiger partial charge in [-0.15, -0.1) is 0 Å². The van der Waals surface area contributed by atoms with Crippen molar-refractivity contribution in [1.82, 2.24) is 9.88 Å². The van der Waals surface area contributed by atoms with Gasteiger partial charge in [-0.05, 0) is 49.6 Å². The standard InChI is InChI=1S/C23H21N5/c24-15-19-5-1-4-18(14-19)9-10-21-7-2-8-22-17-27(12-13-28(21)22)23-20(16-25)6-3-11-26-23/h1,3-6,11,14,21-22H,2,7-8,12-13,17H2. The lowest BCUT2D eigenvalue weighted by atomic mass is 9.93. The molecule has 1 aromatic heterocycles. The van der Waals surface area contributed by atoms with Crippen molar-refractivity contribution in [2.24, 2.45) is 0 Å². The summed E-state index contributed by atoms with van der Waals surface area (Å²) < 4.78 is 0. The van der Waals surface area contributed by atoms with E-state index in [1.165, 1.54) is 0 Å². The number of hydrogen-bond acceptors (Lipinski definition) is 5. The number of piperazine rings is 1. The van der Waals surface area contributed by atoms with E-state index < -0.39 is 0 Å². The number of pyridine rings is 1. The lowest BCUT2D eigenvalue weighted by Crippen LogP contribution is -2.58. The molecule has 4 rings (SSSR count). The fourth-order valence-corrected chi connectivity index (χ4v) is 4.17. The molecular formula is C23H21N5. The van der Waals surface area contributed by atoms with Crippen molar-refractivity contribution in [3.05, 3.63) is 59.3 Å². The SMILES string of the molecule is N#Cc1cccc(C#CC2CCCC3CN(c4ncccc4C#N)CCN23)c1. The topological polar surface area (TPSA) is 67.0 Å². The predicted octanol–water partition coefficient (Wildman–Crippen LogP) is 2.92. The van der Waals surface area contributed by atoms with Crippen LogP contribution in [-0.2, 0) is 0 Å². The lowest BCUT2D eigenvalue weighted by Gasteiger charge is -2.47. The summed E-state index contributed by atoms with van der Waals surface area (Å²) in [5.74, 6) is 7.51. The van der Waals surface area contributed by atoms with Gasteiger partial charge in [0, 0.05) is 37.4 Å². The zero-order valence-corrected chi connectivity index (χ0v) is 15.7. The van der Waals surface area contributed by atoms with Gasteiger partial charge in [-0.3, -0.25) is 4.90 Å². The molecule has 138 valence electrons. The molecule has 2 aliphatic rings. The van der Waals surface area contributed by atoms with Gasteiger partial charge in [0.15, 0.2) is 0 Å². The second-order valence-electron chi connectivity index (χ2n) is 7.23. The van der Waals surface area contributed by atoms with Crippen LogP contribution in [0.25, 0.3) is 0 Å². The van der Waals surface area contributed by atoms with Crippen LogP contribution >= 0.6 is 0 Å². The molecule has 2 aromatic rings. The minimum Gasteiger partial charge on any atom is -0.353 e. The summed E-state index contributed by atoms with van der Waals surface area (Å²) in [5, 5.41) is 18.4. The van der Waals surface area contributed by atoms with Gasteiger partial charge >= 0.3 is 0 Å². The Balaban J connectivity index is 1.50. The average Bonchev–Trinajstić information content (AvgIpc) is 2.77. The molecule has 1 aromatic carbocycles. The summed E-state index contributed by atoms with van der Waals surface area (Å²) in [4.78, 5) is 9.20. The van der Waals surface area contributed by atoms with Crippen LogP contribution in [0.1, 0.15) is 36.0 Å². The number of benzene rings is 1. The van der Waals surface area contributed by atoms with Crippen molar-refractivity contribution in [3.8, 4) is 24.0 Å². The fourth-order valence-electron chi connectivity index (χ4n) is 4.17. The third-order valence-electron chi connectivity index (χ3n) is 5.52. The Hall–Kier alpha value is -3.33. The van der Waals surface area contributed by atoms with Crippen molar-refractivity contribution < 1.29 is 0 Å². The molecule has 2 aliphatic heterocycles. The Morgan fingerprint density at radius 1 is 1.00 bits per heavy atom. The van der Waals surface area contributed by atoms with E-state index in [0.717, 1.165) is 50.3 Å². The van der Waals surface area contributed by atoms with Crippen LogP contribution < -0.4 is 4.90 Å². The van der Waals surface area contributed by atoms with E-state index in [4.69, 9.17) is 5.26 Å². The summed E-state index contributed by atoms with van der Waals surface area (Å²) in [6, 6.07) is 16.2. The number of rotatable bonds is 1. The normalized spacial score (nSPS) is 21.6. The highest BCUT2D eigenvalue weighted by atomic mass is 15.3. The van der Waals surface area contributed by atoms with Crippen molar-refractivity contribution in [2.75, 3.05) is 24.5 Å². The van der Waals surface area contributed by atoms with Gasteiger partial charge in [0.2, 0.25) is 0 Å². The Bertz CT molecular complexity index is 1000. The molecule has 0 saturated carbocycles. The van der Waals surface area contributed by atoms with E-state index >= 15 is 0 Å². The zero-order valence-electron chi connectivity index (χ0n) is 15.7. The molecular weight excluding hydrogens is 346 g/mol. The van der Waals surface area contributed by atoms with Crippen LogP contribution in [0.3, 0.4) is 0 Å². The van der Waals surface area contributed by atoms with E-state index in [9.17, 15) is 5.26 Å². The maximum atomic E-state index is 9.37. The van der Waals surface area contributed by atoms with E-state index in [-0.39, 0.29) is 6.04 Å². The summed E-state index contributed by atoms with van der Waals surface area (Å²) in [5.41, 5.74) is 2.18. The molecule has 2 atom stereocenters. The molecule has 0 radical (unpaired) electrons. The van der Waals surface area contributed by atoms with E-state index in [1.54, 1.807) is 12.3 Å². The second kappa shape index (κ2) is 8.13. The van der Waals surface area contributed by atoms with Gasteiger partial charge in [-0.1, -0.05) is 17.9 Å². The molecule has 2 fully saturated rings. The number of anilines is 1. The van der Waals surface area contributed by atoms with Gasteiger partial charge in [-0.2, -0.15) is 10.5 Å². The lowest BCUT2D eigenvalue weighted by molar-refractivity contribution is 0.100. The highest BCUT2D eigenvalue weighted by Gasteiger charge is 2.35. The highest BCUT2D eigenvalue weighted by molar-refractivity contribution is 5.54. The molecule has 2 unspecified atom stereocenters. The first-order chi connectivity index (χ1) is 13.8. The smallest absolute Gasteiger partial charge is 0.146 e. The summed E-state index contributed by atoms with van der Waals surface area (Å²) in [7, 11) is 0. The van der Waals surface area contributed by atoms with E-state index in [0.29, 0.717) is 17.2 Å². The van der Waals surface area contributed by atoms with Crippen LogP contribution in [0, 0.1) is 34.5 Å². The van der Waals surface area contributed by atoms with E-state index in [2.05, 4.69) is 38.8 Å². The van der Waals surface area contributed by atoms with Gasteiger partial charge in [0.1, 0.15) is 11.9 Å². The molecule has 5 nitrogen and oxygen atoms in total. The third-order valence-corrected chi connectivity index (χ3v) is 5.52. The van der Waals surface area contributed by atoms with Crippen molar-refractivity contribution >= 4 is 5.82 Å². The van der Waals surface area contributed by atoms with Gasteiger partial charge in [-0.25, -0.2) is 4.98 Å². The number of fused-ring (bicyclic) bond motifs is 1. The Kier molecular flexibility index (Phi) is 5.24. The Morgan fingerprint density at radius 2 is 1.89 bits per heavy atom. The maximum Gasteiger partial charge on any atom is 0.146 e.